The van der Waals surface area contributed by atoms with Crippen molar-refractivity contribution in [1.82, 2.24) is 0 Å². The lowest BCUT2D eigenvalue weighted by Crippen LogP contribution is -2.28. The Morgan fingerprint density at radius 3 is 2.76 bits per heavy atom. The van der Waals surface area contributed by atoms with E-state index < -0.39 is 17.0 Å². The van der Waals surface area contributed by atoms with E-state index in [9.17, 15) is 13.6 Å². The van der Waals surface area contributed by atoms with Gasteiger partial charge in [-0.25, -0.2) is 8.78 Å². The van der Waals surface area contributed by atoms with E-state index in [2.05, 4.69) is 10.1 Å². The number of esters is 1. The number of methoxy groups -OCH3 is 1. The van der Waals surface area contributed by atoms with E-state index in [4.69, 9.17) is 0 Å². The van der Waals surface area contributed by atoms with Crippen LogP contribution in [-0.4, -0.2) is 19.6 Å². The van der Waals surface area contributed by atoms with Crippen molar-refractivity contribution in [3.63, 3.8) is 0 Å². The number of ether oxygens (including phenoxy) is 1. The van der Waals surface area contributed by atoms with Gasteiger partial charge in [-0.2, -0.15) is 0 Å². The lowest BCUT2D eigenvalue weighted by molar-refractivity contribution is -0.141. The molecule has 3 nitrogen and oxygen atoms in total. The van der Waals surface area contributed by atoms with Crippen LogP contribution in [0.5, 0.6) is 0 Å². The highest BCUT2D eigenvalue weighted by molar-refractivity contribution is 5.74. The Morgan fingerprint density at radius 1 is 1.47 bits per heavy atom. The highest BCUT2D eigenvalue weighted by Crippen LogP contribution is 2.40. The summed E-state index contributed by atoms with van der Waals surface area (Å²) >= 11 is 0. The summed E-state index contributed by atoms with van der Waals surface area (Å²) in [7, 11) is 1.31. The van der Waals surface area contributed by atoms with Gasteiger partial charge in [-0.3, -0.25) is 4.79 Å². The van der Waals surface area contributed by atoms with Crippen molar-refractivity contribution >= 4 is 11.7 Å². The number of hydrogen-bond acceptors (Lipinski definition) is 3. The molecule has 0 saturated carbocycles. The van der Waals surface area contributed by atoms with E-state index in [-0.39, 0.29) is 12.4 Å². The molecule has 0 bridgehead atoms. The maximum Gasteiger partial charge on any atom is 0.306 e. The van der Waals surface area contributed by atoms with Crippen molar-refractivity contribution in [2.75, 3.05) is 19.0 Å². The zero-order valence-electron chi connectivity index (χ0n) is 9.64. The quantitative estimate of drug-likeness (QED) is 0.807. The lowest BCUT2D eigenvalue weighted by Gasteiger charge is -2.22. The average Bonchev–Trinajstić information content (AvgIpc) is 2.57. The van der Waals surface area contributed by atoms with Gasteiger partial charge >= 0.3 is 5.97 Å². The lowest BCUT2D eigenvalue weighted by atomic mass is 9.81. The summed E-state index contributed by atoms with van der Waals surface area (Å²) in [6.07, 6.45) is 0.134. The SMILES string of the molecule is COC(=O)CC1(C)CNc2cc(F)c(F)cc21. The summed E-state index contributed by atoms with van der Waals surface area (Å²) in [6.45, 7) is 2.28. The predicted molar refractivity (Wildman–Crippen MR) is 58.8 cm³/mol. The Kier molecular flexibility index (Phi) is 2.77. The Bertz CT molecular complexity index is 476. The largest absolute Gasteiger partial charge is 0.469 e. The van der Waals surface area contributed by atoms with E-state index in [1.54, 1.807) is 0 Å². The molecule has 1 N–H and O–H groups in total. The molecule has 1 unspecified atom stereocenters. The maximum absolute atomic E-state index is 13.2. The van der Waals surface area contributed by atoms with Crippen LogP contribution in [0.4, 0.5) is 14.5 Å². The highest BCUT2D eigenvalue weighted by Gasteiger charge is 2.37. The summed E-state index contributed by atoms with van der Waals surface area (Å²) in [5.74, 6) is -2.16. The van der Waals surface area contributed by atoms with Crippen LogP contribution in [0.25, 0.3) is 0 Å². The highest BCUT2D eigenvalue weighted by atomic mass is 19.2. The van der Waals surface area contributed by atoms with Crippen LogP contribution < -0.4 is 5.32 Å². The smallest absolute Gasteiger partial charge is 0.306 e. The number of anilines is 1. The molecule has 1 aromatic carbocycles. The van der Waals surface area contributed by atoms with Gasteiger partial charge in [0.1, 0.15) is 0 Å². The van der Waals surface area contributed by atoms with Crippen LogP contribution in [0.15, 0.2) is 12.1 Å². The number of fused-ring (bicyclic) bond motifs is 1. The van der Waals surface area contributed by atoms with Crippen molar-refractivity contribution in [3.05, 3.63) is 29.3 Å². The molecule has 17 heavy (non-hydrogen) atoms. The zero-order valence-corrected chi connectivity index (χ0v) is 9.64. The van der Waals surface area contributed by atoms with E-state index in [1.165, 1.54) is 7.11 Å². The van der Waals surface area contributed by atoms with Crippen LogP contribution in [0.2, 0.25) is 0 Å². The number of carbonyl (C=O) groups is 1. The second-order valence-electron chi connectivity index (χ2n) is 4.48. The van der Waals surface area contributed by atoms with Crippen LogP contribution in [0.1, 0.15) is 18.9 Å². The van der Waals surface area contributed by atoms with Crippen molar-refractivity contribution < 1.29 is 18.3 Å². The van der Waals surface area contributed by atoms with E-state index in [0.717, 1.165) is 12.1 Å². The summed E-state index contributed by atoms with van der Waals surface area (Å²) < 4.78 is 30.9. The maximum atomic E-state index is 13.2. The molecule has 0 amide bonds. The fraction of sp³-hybridized carbons (Fsp3) is 0.417. The third kappa shape index (κ3) is 1.97. The van der Waals surface area contributed by atoms with Gasteiger partial charge < -0.3 is 10.1 Å². The van der Waals surface area contributed by atoms with Gasteiger partial charge in [0.25, 0.3) is 0 Å². The monoisotopic (exact) mass is 241 g/mol. The molecule has 0 spiro atoms. The van der Waals surface area contributed by atoms with Crippen LogP contribution in [0.3, 0.4) is 0 Å². The third-order valence-electron chi connectivity index (χ3n) is 3.14. The minimum atomic E-state index is -0.899. The van der Waals surface area contributed by atoms with Crippen molar-refractivity contribution in [2.45, 2.75) is 18.8 Å². The summed E-state index contributed by atoms with van der Waals surface area (Å²) in [6, 6.07) is 2.26. The molecule has 1 atom stereocenters. The van der Waals surface area contributed by atoms with Gasteiger partial charge in [0.2, 0.25) is 0 Å². The van der Waals surface area contributed by atoms with Crippen molar-refractivity contribution in [2.24, 2.45) is 0 Å². The predicted octanol–water partition coefficient (Wildman–Crippen LogP) is 2.21. The first-order valence-corrected chi connectivity index (χ1v) is 5.26. The standard InChI is InChI=1S/C12H13F2NO2/c1-12(5-11(16)17-2)6-15-10-4-9(14)8(13)3-7(10)12/h3-4,15H,5-6H2,1-2H3. The Morgan fingerprint density at radius 2 is 2.12 bits per heavy atom. The van der Waals surface area contributed by atoms with Crippen molar-refractivity contribution in [3.8, 4) is 0 Å². The van der Waals surface area contributed by atoms with Gasteiger partial charge in [0, 0.05) is 23.7 Å². The molecule has 1 heterocycles. The van der Waals surface area contributed by atoms with E-state index >= 15 is 0 Å². The number of carbonyl (C=O) groups excluding carboxylic acids is 1. The van der Waals surface area contributed by atoms with Gasteiger partial charge in [0.15, 0.2) is 11.6 Å². The van der Waals surface area contributed by atoms with E-state index in [1.807, 2.05) is 6.92 Å². The molecule has 0 aromatic heterocycles. The zero-order chi connectivity index (χ0) is 12.6. The summed E-state index contributed by atoms with van der Waals surface area (Å²) in [4.78, 5) is 11.3. The fourth-order valence-corrected chi connectivity index (χ4v) is 2.13. The molecular weight excluding hydrogens is 228 g/mol. The number of hydrogen-bond donors (Lipinski definition) is 1. The number of nitrogens with one attached hydrogen (secondary N) is 1. The fourth-order valence-electron chi connectivity index (χ4n) is 2.13. The molecule has 5 heteroatoms. The normalized spacial score (nSPS) is 21.9. The number of rotatable bonds is 2. The Balaban J connectivity index is 2.38. The summed E-state index contributed by atoms with van der Waals surface area (Å²) in [5.41, 5.74) is 0.592. The van der Waals surface area contributed by atoms with Crippen LogP contribution in [-0.2, 0) is 14.9 Å². The molecule has 1 aromatic rings. The Labute approximate surface area is 97.8 Å². The molecule has 0 fully saturated rings. The average molecular weight is 241 g/mol. The molecule has 0 aliphatic carbocycles. The van der Waals surface area contributed by atoms with Gasteiger partial charge in [-0.05, 0) is 11.6 Å². The van der Waals surface area contributed by atoms with Crippen LogP contribution in [0, 0.1) is 11.6 Å². The molecule has 0 radical (unpaired) electrons. The minimum Gasteiger partial charge on any atom is -0.469 e. The molecule has 2 rings (SSSR count). The molecule has 0 saturated heterocycles. The number of halogens is 2. The van der Waals surface area contributed by atoms with Crippen molar-refractivity contribution in [1.29, 1.82) is 0 Å². The Hall–Kier alpha value is -1.65. The van der Waals surface area contributed by atoms with E-state index in [0.29, 0.717) is 17.8 Å². The molecular formula is C12H13F2NO2. The first-order chi connectivity index (χ1) is 7.96. The number of benzene rings is 1. The molecule has 1 aliphatic heterocycles. The third-order valence-corrected chi connectivity index (χ3v) is 3.14. The van der Waals surface area contributed by atoms with Crippen LogP contribution >= 0.6 is 0 Å². The molecule has 92 valence electrons. The first kappa shape index (κ1) is 11.8. The van der Waals surface area contributed by atoms with Gasteiger partial charge in [-0.1, -0.05) is 6.92 Å². The summed E-state index contributed by atoms with van der Waals surface area (Å²) in [5, 5.41) is 2.97. The van der Waals surface area contributed by atoms with Gasteiger partial charge in [0.05, 0.1) is 13.5 Å². The first-order valence-electron chi connectivity index (χ1n) is 5.26. The topological polar surface area (TPSA) is 38.3 Å². The minimum absolute atomic E-state index is 0.134. The second-order valence-corrected chi connectivity index (χ2v) is 4.48. The van der Waals surface area contributed by atoms with Gasteiger partial charge in [-0.15, -0.1) is 0 Å². The second kappa shape index (κ2) is 3.98. The molecule has 1 aliphatic rings.